The zero-order valence-electron chi connectivity index (χ0n) is 15.1. The molecule has 0 unspecified atom stereocenters. The lowest BCUT2D eigenvalue weighted by molar-refractivity contribution is -0.153. The molecule has 1 aromatic carbocycles. The van der Waals surface area contributed by atoms with Gasteiger partial charge in [0.2, 0.25) is 0 Å². The molecule has 27 heavy (non-hydrogen) atoms. The molecule has 150 valence electrons. The van der Waals surface area contributed by atoms with Gasteiger partial charge in [0.15, 0.2) is 12.6 Å². The van der Waals surface area contributed by atoms with Crippen molar-refractivity contribution < 1.29 is 17.9 Å². The lowest BCUT2D eigenvalue weighted by atomic mass is 10.1. The number of rotatable bonds is 7. The average molecular weight is 497 g/mol. The maximum Gasteiger partial charge on any atom is 0.422 e. The summed E-state index contributed by atoms with van der Waals surface area (Å²) >= 11 is 0. The monoisotopic (exact) mass is 497 g/mol. The summed E-state index contributed by atoms with van der Waals surface area (Å²) in [5.74, 6) is 0.751. The molecule has 0 amide bonds. The van der Waals surface area contributed by atoms with E-state index in [4.69, 9.17) is 4.74 Å². The van der Waals surface area contributed by atoms with Crippen molar-refractivity contribution in [2.45, 2.75) is 26.2 Å². The van der Waals surface area contributed by atoms with Crippen LogP contribution in [0, 0.1) is 6.92 Å². The number of guanidine groups is 1. The normalized spacial score (nSPS) is 11.7. The standard InChI is InChI=1S/C17H22F3N5O.HI/c1-13-4-5-14(15(10-13)26-12-17(18,19)20)11-23-16(21-2)22-7-9-25-8-3-6-24-25;/h3-6,8,10H,7,9,11-12H2,1-2H3,(H2,21,22,23);1H. The molecule has 0 aliphatic carbocycles. The van der Waals surface area contributed by atoms with Crippen LogP contribution in [0.1, 0.15) is 11.1 Å². The van der Waals surface area contributed by atoms with Crippen LogP contribution >= 0.6 is 24.0 Å². The van der Waals surface area contributed by atoms with Gasteiger partial charge in [-0.25, -0.2) is 0 Å². The number of halogens is 4. The van der Waals surface area contributed by atoms with Crippen molar-refractivity contribution in [2.75, 3.05) is 20.2 Å². The molecular formula is C17H23F3IN5O. The Morgan fingerprint density at radius 1 is 1.30 bits per heavy atom. The first kappa shape index (κ1) is 23.1. The van der Waals surface area contributed by atoms with E-state index in [0.29, 0.717) is 24.6 Å². The highest BCUT2D eigenvalue weighted by Crippen LogP contribution is 2.23. The Kier molecular flexibility index (Phi) is 9.39. The molecule has 0 aliphatic rings. The fraction of sp³-hybridized carbons (Fsp3) is 0.412. The van der Waals surface area contributed by atoms with E-state index in [1.54, 1.807) is 37.0 Å². The summed E-state index contributed by atoms with van der Waals surface area (Å²) in [5, 5.41) is 10.3. The van der Waals surface area contributed by atoms with Gasteiger partial charge in [0, 0.05) is 38.1 Å². The van der Waals surface area contributed by atoms with E-state index in [0.717, 1.165) is 5.56 Å². The van der Waals surface area contributed by atoms with E-state index in [2.05, 4.69) is 20.7 Å². The molecule has 0 spiro atoms. The van der Waals surface area contributed by atoms with Crippen LogP contribution in [-0.4, -0.2) is 42.1 Å². The minimum Gasteiger partial charge on any atom is -0.484 e. The van der Waals surface area contributed by atoms with Crippen molar-refractivity contribution in [3.63, 3.8) is 0 Å². The molecule has 0 saturated heterocycles. The molecule has 2 rings (SSSR count). The molecule has 1 aromatic heterocycles. The fourth-order valence-electron chi connectivity index (χ4n) is 2.22. The molecule has 10 heteroatoms. The number of aromatic nitrogens is 2. The van der Waals surface area contributed by atoms with Gasteiger partial charge in [0.05, 0.1) is 6.54 Å². The van der Waals surface area contributed by atoms with Crippen molar-refractivity contribution in [3.05, 3.63) is 47.8 Å². The Hall–Kier alpha value is -1.98. The third kappa shape index (κ3) is 8.50. The van der Waals surface area contributed by atoms with E-state index in [1.807, 2.05) is 18.3 Å². The lowest BCUT2D eigenvalue weighted by Gasteiger charge is -2.16. The van der Waals surface area contributed by atoms with Crippen LogP contribution in [0.2, 0.25) is 0 Å². The van der Waals surface area contributed by atoms with Crippen LogP contribution in [0.5, 0.6) is 5.75 Å². The number of alkyl halides is 3. The Labute approximate surface area is 173 Å². The Bertz CT molecular complexity index is 720. The number of nitrogens with one attached hydrogen (secondary N) is 2. The first-order valence-corrected chi connectivity index (χ1v) is 8.08. The molecule has 1 heterocycles. The van der Waals surface area contributed by atoms with Gasteiger partial charge >= 0.3 is 6.18 Å². The molecular weight excluding hydrogens is 474 g/mol. The number of aryl methyl sites for hydroxylation is 1. The van der Waals surface area contributed by atoms with Crippen LogP contribution in [0.3, 0.4) is 0 Å². The zero-order valence-corrected chi connectivity index (χ0v) is 17.4. The summed E-state index contributed by atoms with van der Waals surface area (Å²) in [7, 11) is 1.62. The number of hydrogen-bond acceptors (Lipinski definition) is 3. The third-order valence-electron chi connectivity index (χ3n) is 3.48. The van der Waals surface area contributed by atoms with E-state index in [-0.39, 0.29) is 36.3 Å². The maximum absolute atomic E-state index is 12.4. The number of ether oxygens (including phenoxy) is 1. The van der Waals surface area contributed by atoms with E-state index >= 15 is 0 Å². The van der Waals surface area contributed by atoms with E-state index < -0.39 is 12.8 Å². The number of aliphatic imine (C=N–C) groups is 1. The number of benzene rings is 1. The Balaban J connectivity index is 0.00000364. The fourth-order valence-corrected chi connectivity index (χ4v) is 2.22. The highest BCUT2D eigenvalue weighted by molar-refractivity contribution is 14.0. The van der Waals surface area contributed by atoms with Crippen molar-refractivity contribution in [2.24, 2.45) is 4.99 Å². The molecule has 0 fully saturated rings. The topological polar surface area (TPSA) is 63.5 Å². The predicted molar refractivity (Wildman–Crippen MR) is 109 cm³/mol. The summed E-state index contributed by atoms with van der Waals surface area (Å²) in [6.07, 6.45) is -0.820. The summed E-state index contributed by atoms with van der Waals surface area (Å²) in [6.45, 7) is 2.04. The quantitative estimate of drug-likeness (QED) is 0.351. The van der Waals surface area contributed by atoms with Crippen LogP contribution in [0.15, 0.2) is 41.7 Å². The zero-order chi connectivity index (χ0) is 19.0. The summed E-state index contributed by atoms with van der Waals surface area (Å²) in [5.41, 5.74) is 1.45. The van der Waals surface area contributed by atoms with Gasteiger partial charge in [-0.1, -0.05) is 12.1 Å². The van der Waals surface area contributed by atoms with E-state index in [1.165, 1.54) is 0 Å². The maximum atomic E-state index is 12.4. The smallest absolute Gasteiger partial charge is 0.422 e. The van der Waals surface area contributed by atoms with Gasteiger partial charge in [-0.3, -0.25) is 9.67 Å². The second-order valence-corrected chi connectivity index (χ2v) is 5.64. The molecule has 0 aliphatic heterocycles. The first-order chi connectivity index (χ1) is 12.4. The SMILES string of the molecule is CN=C(NCCn1cccn1)NCc1ccc(C)cc1OCC(F)(F)F.I. The van der Waals surface area contributed by atoms with Crippen LogP contribution in [0.25, 0.3) is 0 Å². The van der Waals surface area contributed by atoms with Crippen LogP contribution < -0.4 is 15.4 Å². The minimum absolute atomic E-state index is 0. The van der Waals surface area contributed by atoms with Crippen LogP contribution in [0.4, 0.5) is 13.2 Å². The van der Waals surface area contributed by atoms with Crippen molar-refractivity contribution in [1.82, 2.24) is 20.4 Å². The molecule has 0 saturated carbocycles. The summed E-state index contributed by atoms with van der Waals surface area (Å²) < 4.78 is 44.0. The summed E-state index contributed by atoms with van der Waals surface area (Å²) in [6, 6.07) is 7.00. The predicted octanol–water partition coefficient (Wildman–Crippen LogP) is 3.12. The van der Waals surface area contributed by atoms with Crippen molar-refractivity contribution in [1.29, 1.82) is 0 Å². The van der Waals surface area contributed by atoms with Crippen LogP contribution in [-0.2, 0) is 13.1 Å². The van der Waals surface area contributed by atoms with Gasteiger partial charge in [0.25, 0.3) is 0 Å². The molecule has 6 nitrogen and oxygen atoms in total. The van der Waals surface area contributed by atoms with Crippen molar-refractivity contribution >= 4 is 29.9 Å². The van der Waals surface area contributed by atoms with Gasteiger partial charge in [-0.05, 0) is 24.6 Å². The van der Waals surface area contributed by atoms with Crippen molar-refractivity contribution in [3.8, 4) is 5.75 Å². The minimum atomic E-state index is -4.38. The number of hydrogen-bond donors (Lipinski definition) is 2. The van der Waals surface area contributed by atoms with Gasteiger partial charge < -0.3 is 15.4 Å². The van der Waals surface area contributed by atoms with E-state index in [9.17, 15) is 13.2 Å². The first-order valence-electron chi connectivity index (χ1n) is 8.08. The molecule has 0 bridgehead atoms. The second-order valence-electron chi connectivity index (χ2n) is 5.64. The largest absolute Gasteiger partial charge is 0.484 e. The second kappa shape index (κ2) is 11.0. The molecule has 2 aromatic rings. The Morgan fingerprint density at radius 3 is 2.70 bits per heavy atom. The van der Waals surface area contributed by atoms with Gasteiger partial charge in [-0.15, -0.1) is 24.0 Å². The highest BCUT2D eigenvalue weighted by Gasteiger charge is 2.28. The Morgan fingerprint density at radius 2 is 2.07 bits per heavy atom. The molecule has 2 N–H and O–H groups in total. The highest BCUT2D eigenvalue weighted by atomic mass is 127. The summed E-state index contributed by atoms with van der Waals surface area (Å²) in [4.78, 5) is 4.10. The third-order valence-corrected chi connectivity index (χ3v) is 3.48. The number of nitrogens with zero attached hydrogens (tertiary/aromatic N) is 3. The average Bonchev–Trinajstić information content (AvgIpc) is 3.10. The van der Waals surface area contributed by atoms with Gasteiger partial charge in [-0.2, -0.15) is 18.3 Å². The lowest BCUT2D eigenvalue weighted by Crippen LogP contribution is -2.38. The molecule has 0 radical (unpaired) electrons. The van der Waals surface area contributed by atoms with Gasteiger partial charge in [0.1, 0.15) is 5.75 Å². The molecule has 0 atom stereocenters.